The number of hydrogen-bond donors (Lipinski definition) is 0. The summed E-state index contributed by atoms with van der Waals surface area (Å²) in [5, 5.41) is 0. The Balaban J connectivity index is 2.54. The second kappa shape index (κ2) is 3.08. The van der Waals surface area contributed by atoms with Crippen molar-refractivity contribution < 1.29 is 13.9 Å². The quantitative estimate of drug-likeness (QED) is 0.685. The van der Waals surface area contributed by atoms with E-state index in [0.29, 0.717) is 12.0 Å². The molecule has 0 bridgehead atoms. The van der Waals surface area contributed by atoms with Gasteiger partial charge >= 0.3 is 0 Å². The Labute approximate surface area is 81.7 Å². The van der Waals surface area contributed by atoms with E-state index < -0.39 is 5.82 Å². The summed E-state index contributed by atoms with van der Waals surface area (Å²) in [6.07, 6.45) is 0.685. The monoisotopic (exact) mass is 194 g/mol. The number of fused-ring (bicyclic) bond motifs is 1. The van der Waals surface area contributed by atoms with E-state index in [1.54, 1.807) is 6.07 Å². The number of rotatable bonds is 1. The molecule has 0 amide bonds. The number of halogens is 1. The molecule has 1 aliphatic carbocycles. The molecule has 1 aromatic carbocycles. The number of carbonyl (C=O) groups is 1. The number of benzene rings is 1. The van der Waals surface area contributed by atoms with E-state index in [-0.39, 0.29) is 17.5 Å². The van der Waals surface area contributed by atoms with Gasteiger partial charge in [0, 0.05) is 11.5 Å². The van der Waals surface area contributed by atoms with Crippen LogP contribution in [-0.2, 0) is 6.42 Å². The molecule has 0 aromatic heterocycles. The SMILES string of the molecule is COc1cc2c(cc1F)C(=O)[C@H](C)C2. The molecule has 0 saturated carbocycles. The van der Waals surface area contributed by atoms with E-state index in [2.05, 4.69) is 0 Å². The van der Waals surface area contributed by atoms with E-state index >= 15 is 0 Å². The lowest BCUT2D eigenvalue weighted by Crippen LogP contribution is -2.03. The lowest BCUT2D eigenvalue weighted by Gasteiger charge is -2.03. The molecule has 0 N–H and O–H groups in total. The Bertz CT molecular complexity index is 399. The van der Waals surface area contributed by atoms with Crippen LogP contribution in [0.5, 0.6) is 5.75 Å². The summed E-state index contributed by atoms with van der Waals surface area (Å²) in [5.74, 6) is -0.252. The maximum absolute atomic E-state index is 13.3. The van der Waals surface area contributed by atoms with Gasteiger partial charge in [0.2, 0.25) is 0 Å². The summed E-state index contributed by atoms with van der Waals surface area (Å²) in [6.45, 7) is 1.85. The van der Waals surface area contributed by atoms with Crippen molar-refractivity contribution in [3.63, 3.8) is 0 Å². The van der Waals surface area contributed by atoms with Gasteiger partial charge in [0.05, 0.1) is 7.11 Å². The standard InChI is InChI=1S/C11H11FO2/c1-6-3-7-4-10(14-2)9(12)5-8(7)11(6)13/h4-6H,3H2,1-2H3/t6-/m1/s1. The molecule has 0 aliphatic heterocycles. The highest BCUT2D eigenvalue weighted by atomic mass is 19.1. The van der Waals surface area contributed by atoms with Gasteiger partial charge in [0.25, 0.3) is 0 Å². The van der Waals surface area contributed by atoms with Crippen LogP contribution >= 0.6 is 0 Å². The van der Waals surface area contributed by atoms with Crippen molar-refractivity contribution in [3.8, 4) is 5.75 Å². The fraction of sp³-hybridized carbons (Fsp3) is 0.364. The van der Waals surface area contributed by atoms with Gasteiger partial charge in [-0.25, -0.2) is 4.39 Å². The first-order chi connectivity index (χ1) is 6.63. The lowest BCUT2D eigenvalue weighted by molar-refractivity contribution is 0.0946. The molecular weight excluding hydrogens is 183 g/mol. The predicted molar refractivity (Wildman–Crippen MR) is 50.2 cm³/mol. The fourth-order valence-electron chi connectivity index (χ4n) is 1.84. The predicted octanol–water partition coefficient (Wildman–Crippen LogP) is 2.21. The zero-order valence-electron chi connectivity index (χ0n) is 8.13. The molecule has 74 valence electrons. The van der Waals surface area contributed by atoms with Crippen LogP contribution in [0.3, 0.4) is 0 Å². The second-order valence-electron chi connectivity index (χ2n) is 3.61. The van der Waals surface area contributed by atoms with Crippen LogP contribution in [0, 0.1) is 11.7 Å². The van der Waals surface area contributed by atoms with Crippen molar-refractivity contribution in [2.24, 2.45) is 5.92 Å². The van der Waals surface area contributed by atoms with Crippen molar-refractivity contribution >= 4 is 5.78 Å². The molecule has 3 heteroatoms. The van der Waals surface area contributed by atoms with Gasteiger partial charge in [-0.1, -0.05) is 6.92 Å². The third-order valence-corrected chi connectivity index (χ3v) is 2.62. The summed E-state index contributed by atoms with van der Waals surface area (Å²) >= 11 is 0. The molecule has 1 aliphatic rings. The highest BCUT2D eigenvalue weighted by molar-refractivity contribution is 6.02. The highest BCUT2D eigenvalue weighted by Gasteiger charge is 2.28. The zero-order chi connectivity index (χ0) is 10.3. The molecule has 0 spiro atoms. The molecule has 0 heterocycles. The van der Waals surface area contributed by atoms with Crippen molar-refractivity contribution in [1.29, 1.82) is 0 Å². The smallest absolute Gasteiger partial charge is 0.166 e. The van der Waals surface area contributed by atoms with Crippen molar-refractivity contribution in [2.45, 2.75) is 13.3 Å². The summed E-state index contributed by atoms with van der Waals surface area (Å²) < 4.78 is 18.1. The van der Waals surface area contributed by atoms with Gasteiger partial charge in [-0.05, 0) is 24.1 Å². The number of Topliss-reactive ketones (excluding diaryl/α,β-unsaturated/α-hetero) is 1. The van der Waals surface area contributed by atoms with Crippen LogP contribution in [0.2, 0.25) is 0 Å². The van der Waals surface area contributed by atoms with Crippen molar-refractivity contribution in [2.75, 3.05) is 7.11 Å². The van der Waals surface area contributed by atoms with Gasteiger partial charge in [-0.15, -0.1) is 0 Å². The van der Waals surface area contributed by atoms with Crippen LogP contribution in [0.25, 0.3) is 0 Å². The number of hydrogen-bond acceptors (Lipinski definition) is 2. The Morgan fingerprint density at radius 1 is 1.50 bits per heavy atom. The van der Waals surface area contributed by atoms with Crippen molar-refractivity contribution in [3.05, 3.63) is 29.1 Å². The van der Waals surface area contributed by atoms with Gasteiger partial charge in [-0.3, -0.25) is 4.79 Å². The number of ketones is 1. The average Bonchev–Trinajstić information content (AvgIpc) is 2.43. The maximum atomic E-state index is 13.3. The molecule has 0 unspecified atom stereocenters. The largest absolute Gasteiger partial charge is 0.494 e. The molecule has 2 rings (SSSR count). The first-order valence-corrected chi connectivity index (χ1v) is 4.54. The highest BCUT2D eigenvalue weighted by Crippen LogP contribution is 2.31. The van der Waals surface area contributed by atoms with E-state index in [0.717, 1.165) is 5.56 Å². The normalized spacial score (nSPS) is 19.6. The van der Waals surface area contributed by atoms with Crippen LogP contribution < -0.4 is 4.74 Å². The minimum Gasteiger partial charge on any atom is -0.494 e. The van der Waals surface area contributed by atoms with E-state index in [9.17, 15) is 9.18 Å². The first kappa shape index (κ1) is 9.19. The number of carbonyl (C=O) groups excluding carboxylic acids is 1. The minimum absolute atomic E-state index is 0.0292. The summed E-state index contributed by atoms with van der Waals surface area (Å²) in [5.41, 5.74) is 1.40. The van der Waals surface area contributed by atoms with E-state index in [1.165, 1.54) is 13.2 Å². The van der Waals surface area contributed by atoms with Crippen LogP contribution in [0.1, 0.15) is 22.8 Å². The lowest BCUT2D eigenvalue weighted by atomic mass is 10.1. The average molecular weight is 194 g/mol. The Kier molecular flexibility index (Phi) is 2.02. The molecular formula is C11H11FO2. The molecule has 0 fully saturated rings. The Morgan fingerprint density at radius 3 is 2.86 bits per heavy atom. The van der Waals surface area contributed by atoms with Gasteiger partial charge in [0.1, 0.15) is 0 Å². The molecule has 1 aromatic rings. The summed E-state index contributed by atoms with van der Waals surface area (Å²) in [7, 11) is 1.42. The van der Waals surface area contributed by atoms with E-state index in [4.69, 9.17) is 4.74 Å². The minimum atomic E-state index is -0.464. The molecule has 2 nitrogen and oxygen atoms in total. The number of methoxy groups -OCH3 is 1. The van der Waals surface area contributed by atoms with Crippen LogP contribution in [0.4, 0.5) is 4.39 Å². The van der Waals surface area contributed by atoms with Gasteiger partial charge in [0.15, 0.2) is 17.3 Å². The Morgan fingerprint density at radius 2 is 2.21 bits per heavy atom. The number of ether oxygens (including phenoxy) is 1. The summed E-state index contributed by atoms with van der Waals surface area (Å²) in [6, 6.07) is 2.89. The maximum Gasteiger partial charge on any atom is 0.166 e. The van der Waals surface area contributed by atoms with Gasteiger partial charge < -0.3 is 4.74 Å². The van der Waals surface area contributed by atoms with Gasteiger partial charge in [-0.2, -0.15) is 0 Å². The third kappa shape index (κ3) is 1.20. The molecule has 0 saturated heterocycles. The van der Waals surface area contributed by atoms with E-state index in [1.807, 2.05) is 6.92 Å². The third-order valence-electron chi connectivity index (χ3n) is 2.62. The topological polar surface area (TPSA) is 26.3 Å². The molecule has 1 atom stereocenters. The van der Waals surface area contributed by atoms with Crippen LogP contribution in [0.15, 0.2) is 12.1 Å². The van der Waals surface area contributed by atoms with Crippen molar-refractivity contribution in [1.82, 2.24) is 0 Å². The molecule has 0 radical (unpaired) electrons. The fourth-order valence-corrected chi connectivity index (χ4v) is 1.84. The molecule has 14 heavy (non-hydrogen) atoms. The van der Waals surface area contributed by atoms with Crippen LogP contribution in [-0.4, -0.2) is 12.9 Å². The zero-order valence-corrected chi connectivity index (χ0v) is 8.13. The Hall–Kier alpha value is -1.38. The first-order valence-electron chi connectivity index (χ1n) is 4.54. The second-order valence-corrected chi connectivity index (χ2v) is 3.61. The summed E-state index contributed by atoms with van der Waals surface area (Å²) in [4.78, 5) is 11.5.